The lowest BCUT2D eigenvalue weighted by Gasteiger charge is -2.04. The van der Waals surface area contributed by atoms with Gasteiger partial charge in [0.05, 0.1) is 12.1 Å². The molecule has 1 aromatic rings. The smallest absolute Gasteiger partial charge is 0.200 e. The molecule has 21 heavy (non-hydrogen) atoms. The Hall–Kier alpha value is -1.75. The van der Waals surface area contributed by atoms with Gasteiger partial charge in [0.2, 0.25) is 5.82 Å². The van der Waals surface area contributed by atoms with Crippen molar-refractivity contribution >= 4 is 11.7 Å². The lowest BCUT2D eigenvalue weighted by molar-refractivity contribution is 0.381. The molecule has 1 aliphatic carbocycles. The predicted octanol–water partition coefficient (Wildman–Crippen LogP) is 4.91. The zero-order chi connectivity index (χ0) is 15.4. The van der Waals surface area contributed by atoms with Crippen molar-refractivity contribution in [3.05, 3.63) is 29.1 Å². The summed E-state index contributed by atoms with van der Waals surface area (Å²) in [4.78, 5) is 7.09. The third-order valence-corrected chi connectivity index (χ3v) is 3.41. The van der Waals surface area contributed by atoms with Gasteiger partial charge in [-0.15, -0.1) is 0 Å². The fourth-order valence-electron chi connectivity index (χ4n) is 2.24. The summed E-state index contributed by atoms with van der Waals surface area (Å²) in [6, 6.07) is 2.00. The van der Waals surface area contributed by atoms with Crippen molar-refractivity contribution in [2.75, 3.05) is 0 Å². The second kappa shape index (κ2) is 6.80. The normalized spacial score (nSPS) is 16.2. The van der Waals surface area contributed by atoms with E-state index in [1.54, 1.807) is 0 Å². The first-order valence-electron chi connectivity index (χ1n) is 6.69. The third-order valence-electron chi connectivity index (χ3n) is 3.41. The van der Waals surface area contributed by atoms with Crippen LogP contribution in [0, 0.1) is 29.1 Å². The Labute approximate surface area is 118 Å². The molecule has 0 bridgehead atoms. The first-order valence-corrected chi connectivity index (χ1v) is 6.69. The maximum atomic E-state index is 13.3. The molecule has 0 heterocycles. The number of nitrogens with zero attached hydrogens (tertiary/aromatic N) is 2. The van der Waals surface area contributed by atoms with Crippen LogP contribution < -0.4 is 0 Å². The molecule has 1 fully saturated rings. The van der Waals surface area contributed by atoms with Crippen molar-refractivity contribution < 1.29 is 22.0 Å². The van der Waals surface area contributed by atoms with E-state index in [1.165, 1.54) is 0 Å². The van der Waals surface area contributed by atoms with Crippen molar-refractivity contribution in [2.24, 2.45) is 9.98 Å². The Balaban J connectivity index is 2.28. The first kappa shape index (κ1) is 15.6. The largest absolute Gasteiger partial charge is 0.222 e. The van der Waals surface area contributed by atoms with Gasteiger partial charge >= 0.3 is 0 Å². The second-order valence-corrected chi connectivity index (χ2v) is 4.90. The quantitative estimate of drug-likeness (QED) is 0.244. The monoisotopic (exact) mass is 304 g/mol. The van der Waals surface area contributed by atoms with Crippen molar-refractivity contribution in [3.8, 4) is 0 Å². The summed E-state index contributed by atoms with van der Waals surface area (Å²) in [6.07, 6.45) is 5.78. The number of hydrogen-bond donors (Lipinski definition) is 0. The van der Waals surface area contributed by atoms with Gasteiger partial charge < -0.3 is 0 Å². The maximum absolute atomic E-state index is 13.3. The summed E-state index contributed by atoms with van der Waals surface area (Å²) >= 11 is 0. The summed E-state index contributed by atoms with van der Waals surface area (Å²) in [7, 11) is 0. The lowest BCUT2D eigenvalue weighted by atomic mass is 10.1. The third kappa shape index (κ3) is 3.47. The Morgan fingerprint density at radius 1 is 0.714 bits per heavy atom. The lowest BCUT2D eigenvalue weighted by Crippen LogP contribution is -2.02. The molecule has 1 saturated carbocycles. The van der Waals surface area contributed by atoms with Crippen LogP contribution in [0.4, 0.5) is 27.6 Å². The molecule has 2 nitrogen and oxygen atoms in total. The van der Waals surface area contributed by atoms with Crippen molar-refractivity contribution in [1.82, 2.24) is 0 Å². The molecule has 0 aromatic heterocycles. The highest BCUT2D eigenvalue weighted by Crippen LogP contribution is 2.29. The van der Waals surface area contributed by atoms with E-state index in [9.17, 15) is 22.0 Å². The highest BCUT2D eigenvalue weighted by atomic mass is 19.2. The first-order chi connectivity index (χ1) is 10.0. The average Bonchev–Trinajstić information content (AvgIpc) is 2.75. The molecular weight excluding hydrogens is 291 g/mol. The fraction of sp³-hybridized carbons (Fsp3) is 0.500. The van der Waals surface area contributed by atoms with Crippen LogP contribution in [0.25, 0.3) is 0 Å². The highest BCUT2D eigenvalue weighted by molar-refractivity contribution is 5.54. The van der Waals surface area contributed by atoms with Crippen molar-refractivity contribution in [2.45, 2.75) is 44.6 Å². The topological polar surface area (TPSA) is 24.7 Å². The van der Waals surface area contributed by atoms with E-state index in [0.29, 0.717) is 0 Å². The number of aliphatic imine (C=N–C) groups is 2. The molecule has 0 spiro atoms. The molecule has 0 amide bonds. The number of halogens is 5. The van der Waals surface area contributed by atoms with Crippen LogP contribution >= 0.6 is 0 Å². The van der Waals surface area contributed by atoms with Gasteiger partial charge in [0.15, 0.2) is 29.0 Å². The van der Waals surface area contributed by atoms with Crippen LogP contribution in [0.2, 0.25) is 0 Å². The fourth-order valence-corrected chi connectivity index (χ4v) is 2.24. The summed E-state index contributed by atoms with van der Waals surface area (Å²) in [6.45, 7) is 0. The Bertz CT molecular complexity index is 557. The standard InChI is InChI=1S/C14H13F5N2/c15-9-10(16)12(18)14(13(19)11(9)17)21-7-20-8-5-3-1-2-4-6-8/h8H,1-6H2. The summed E-state index contributed by atoms with van der Waals surface area (Å²) in [5, 5.41) is 0. The number of hydrogen-bond acceptors (Lipinski definition) is 2. The van der Waals surface area contributed by atoms with E-state index in [2.05, 4.69) is 16.0 Å². The van der Waals surface area contributed by atoms with E-state index in [4.69, 9.17) is 0 Å². The molecule has 1 aliphatic rings. The summed E-state index contributed by atoms with van der Waals surface area (Å²) < 4.78 is 65.4. The number of benzene rings is 1. The molecule has 114 valence electrons. The molecular formula is C14H13F5N2. The van der Waals surface area contributed by atoms with Gasteiger partial charge in [0.25, 0.3) is 0 Å². The van der Waals surface area contributed by atoms with Gasteiger partial charge in [-0.3, -0.25) is 0 Å². The molecule has 0 N–H and O–H groups in total. The van der Waals surface area contributed by atoms with Gasteiger partial charge in [0.1, 0.15) is 0 Å². The molecule has 2 rings (SSSR count). The van der Waals surface area contributed by atoms with Gasteiger partial charge in [-0.25, -0.2) is 26.9 Å². The summed E-state index contributed by atoms with van der Waals surface area (Å²) in [5.41, 5.74) is -1.26. The SMILES string of the molecule is Fc1c(F)c(F)c(N=C=NC2CCCCCC2)c(F)c1F. The predicted molar refractivity (Wildman–Crippen MR) is 67.2 cm³/mol. The minimum Gasteiger partial charge on any atom is -0.222 e. The van der Waals surface area contributed by atoms with Crippen molar-refractivity contribution in [1.29, 1.82) is 0 Å². The average molecular weight is 304 g/mol. The molecule has 0 radical (unpaired) electrons. The van der Waals surface area contributed by atoms with E-state index in [1.807, 2.05) is 0 Å². The second-order valence-electron chi connectivity index (χ2n) is 4.90. The molecule has 0 saturated heterocycles. The molecule has 1 aromatic carbocycles. The van der Waals surface area contributed by atoms with Crippen LogP contribution in [-0.4, -0.2) is 12.1 Å². The number of rotatable bonds is 2. The minimum absolute atomic E-state index is 0.0717. The minimum atomic E-state index is -2.20. The van der Waals surface area contributed by atoms with Crippen LogP contribution in [0.5, 0.6) is 0 Å². The summed E-state index contributed by atoms with van der Waals surface area (Å²) in [5.74, 6) is -10.2. The molecule has 0 unspecified atom stereocenters. The maximum Gasteiger partial charge on any atom is 0.200 e. The van der Waals surface area contributed by atoms with Gasteiger partial charge in [-0.1, -0.05) is 25.7 Å². The van der Waals surface area contributed by atoms with Crippen LogP contribution in [-0.2, 0) is 0 Å². The van der Waals surface area contributed by atoms with Gasteiger partial charge in [-0.2, -0.15) is 4.99 Å². The van der Waals surface area contributed by atoms with Crippen LogP contribution in [0.1, 0.15) is 38.5 Å². The van der Waals surface area contributed by atoms with E-state index >= 15 is 0 Å². The Morgan fingerprint density at radius 2 is 1.19 bits per heavy atom. The zero-order valence-electron chi connectivity index (χ0n) is 11.1. The molecule has 0 atom stereocenters. The Morgan fingerprint density at radius 3 is 1.71 bits per heavy atom. The zero-order valence-corrected chi connectivity index (χ0v) is 11.1. The van der Waals surface area contributed by atoms with E-state index < -0.39 is 34.8 Å². The van der Waals surface area contributed by atoms with Crippen LogP contribution in [0.3, 0.4) is 0 Å². The highest BCUT2D eigenvalue weighted by Gasteiger charge is 2.25. The van der Waals surface area contributed by atoms with E-state index in [0.717, 1.165) is 38.5 Å². The molecule has 0 aliphatic heterocycles. The molecule has 7 heteroatoms. The van der Waals surface area contributed by atoms with Gasteiger partial charge in [0, 0.05) is 0 Å². The van der Waals surface area contributed by atoms with E-state index in [-0.39, 0.29) is 6.04 Å². The van der Waals surface area contributed by atoms with Crippen LogP contribution in [0.15, 0.2) is 9.98 Å². The van der Waals surface area contributed by atoms with Crippen molar-refractivity contribution in [3.63, 3.8) is 0 Å². The van der Waals surface area contributed by atoms with Gasteiger partial charge in [-0.05, 0) is 12.8 Å². The Kier molecular flexibility index (Phi) is 5.07.